The molecule has 0 aliphatic heterocycles. The Bertz CT molecular complexity index is 540. The zero-order chi connectivity index (χ0) is 14.6. The number of carbonyl (C=O) groups is 1. The van der Waals surface area contributed by atoms with E-state index in [0.29, 0.717) is 12.5 Å². The predicted molar refractivity (Wildman–Crippen MR) is 79.5 cm³/mol. The van der Waals surface area contributed by atoms with E-state index in [1.165, 1.54) is 19.3 Å². The van der Waals surface area contributed by atoms with Gasteiger partial charge in [0.25, 0.3) is 0 Å². The van der Waals surface area contributed by atoms with E-state index in [1.807, 2.05) is 12.1 Å². The highest BCUT2D eigenvalue weighted by atomic mass is 16.3. The summed E-state index contributed by atoms with van der Waals surface area (Å²) in [5.41, 5.74) is 7.00. The number of amides is 1. The van der Waals surface area contributed by atoms with E-state index in [9.17, 15) is 9.90 Å². The molecule has 3 saturated carbocycles. The number of hydrogen-bond donors (Lipinski definition) is 3. The maximum atomic E-state index is 12.2. The van der Waals surface area contributed by atoms with Gasteiger partial charge in [-0.15, -0.1) is 0 Å². The van der Waals surface area contributed by atoms with Crippen molar-refractivity contribution in [1.29, 1.82) is 0 Å². The quantitative estimate of drug-likeness (QED) is 0.783. The van der Waals surface area contributed by atoms with Crippen LogP contribution < -0.4 is 11.1 Å². The largest absolute Gasteiger partial charge is 0.508 e. The zero-order valence-electron chi connectivity index (χ0n) is 12.0. The van der Waals surface area contributed by atoms with Gasteiger partial charge in [0.2, 0.25) is 5.91 Å². The van der Waals surface area contributed by atoms with Crippen LogP contribution in [0.4, 0.5) is 0 Å². The Balaban J connectivity index is 1.32. The second kappa shape index (κ2) is 4.73. The summed E-state index contributed by atoms with van der Waals surface area (Å²) in [4.78, 5) is 12.2. The van der Waals surface area contributed by atoms with Crippen LogP contribution in [0.2, 0.25) is 0 Å². The molecule has 4 unspecified atom stereocenters. The van der Waals surface area contributed by atoms with Crippen molar-refractivity contribution in [3.63, 3.8) is 0 Å². The summed E-state index contributed by atoms with van der Waals surface area (Å²) in [6, 6.07) is 6.78. The molecule has 3 aliphatic rings. The number of rotatable bonds is 4. The summed E-state index contributed by atoms with van der Waals surface area (Å²) < 4.78 is 0. The third kappa shape index (κ3) is 2.22. The number of nitrogens with two attached hydrogens (primary N) is 1. The molecule has 3 aliphatic carbocycles. The highest BCUT2D eigenvalue weighted by Gasteiger charge is 2.65. The van der Waals surface area contributed by atoms with Crippen molar-refractivity contribution >= 4 is 5.91 Å². The van der Waals surface area contributed by atoms with E-state index in [1.54, 1.807) is 12.1 Å². The molecule has 0 aromatic heterocycles. The lowest BCUT2D eigenvalue weighted by atomic mass is 10.0. The van der Waals surface area contributed by atoms with Crippen LogP contribution in [0.5, 0.6) is 5.75 Å². The molecule has 2 bridgehead atoms. The fraction of sp³-hybridized carbons (Fsp3) is 0.588. The Morgan fingerprint density at radius 2 is 1.86 bits per heavy atom. The lowest BCUT2D eigenvalue weighted by Crippen LogP contribution is -2.44. The van der Waals surface area contributed by atoms with Gasteiger partial charge in [0, 0.05) is 6.04 Å². The van der Waals surface area contributed by atoms with Crippen molar-refractivity contribution in [2.75, 3.05) is 0 Å². The first-order chi connectivity index (χ1) is 10.1. The Kier molecular flexibility index (Phi) is 2.96. The van der Waals surface area contributed by atoms with E-state index in [-0.39, 0.29) is 11.7 Å². The summed E-state index contributed by atoms with van der Waals surface area (Å²) in [5.74, 6) is 3.42. The minimum atomic E-state index is -0.506. The normalized spacial score (nSPS) is 37.1. The van der Waals surface area contributed by atoms with Gasteiger partial charge in [-0.25, -0.2) is 0 Å². The Morgan fingerprint density at radius 1 is 1.24 bits per heavy atom. The number of phenolic OH excluding ortho intramolecular Hbond substituents is 1. The van der Waals surface area contributed by atoms with Crippen molar-refractivity contribution < 1.29 is 9.90 Å². The van der Waals surface area contributed by atoms with Gasteiger partial charge in [0.05, 0.1) is 6.04 Å². The summed E-state index contributed by atoms with van der Waals surface area (Å²) >= 11 is 0. The van der Waals surface area contributed by atoms with E-state index < -0.39 is 6.04 Å². The van der Waals surface area contributed by atoms with Gasteiger partial charge in [-0.2, -0.15) is 0 Å². The fourth-order valence-electron chi connectivity index (χ4n) is 4.77. The Hall–Kier alpha value is -1.55. The van der Waals surface area contributed by atoms with Crippen LogP contribution in [0.25, 0.3) is 0 Å². The van der Waals surface area contributed by atoms with Crippen molar-refractivity contribution in [3.05, 3.63) is 29.8 Å². The monoisotopic (exact) mass is 286 g/mol. The first kappa shape index (κ1) is 13.1. The van der Waals surface area contributed by atoms with Gasteiger partial charge in [-0.05, 0) is 67.1 Å². The van der Waals surface area contributed by atoms with Gasteiger partial charge >= 0.3 is 0 Å². The molecule has 0 spiro atoms. The molecule has 5 atom stereocenters. The molecule has 21 heavy (non-hydrogen) atoms. The number of hydrogen-bond acceptors (Lipinski definition) is 3. The molecule has 4 N–H and O–H groups in total. The van der Waals surface area contributed by atoms with Crippen molar-refractivity contribution in [1.82, 2.24) is 5.32 Å². The first-order valence-electron chi connectivity index (χ1n) is 7.97. The van der Waals surface area contributed by atoms with E-state index in [2.05, 4.69) is 5.32 Å². The number of aromatic hydroxyl groups is 1. The van der Waals surface area contributed by atoms with Gasteiger partial charge in [-0.3, -0.25) is 4.79 Å². The number of phenols is 1. The number of fused-ring (bicyclic) bond motifs is 5. The first-order valence-corrected chi connectivity index (χ1v) is 7.97. The summed E-state index contributed by atoms with van der Waals surface area (Å²) in [7, 11) is 0. The third-order valence-corrected chi connectivity index (χ3v) is 5.77. The molecule has 1 amide bonds. The Morgan fingerprint density at radius 3 is 2.48 bits per heavy atom. The molecule has 0 radical (unpaired) electrons. The van der Waals surface area contributed by atoms with Gasteiger partial charge in [0.1, 0.15) is 5.75 Å². The fourth-order valence-corrected chi connectivity index (χ4v) is 4.77. The maximum Gasteiger partial charge on any atom is 0.237 e. The zero-order valence-corrected chi connectivity index (χ0v) is 12.0. The molecule has 4 nitrogen and oxygen atoms in total. The summed E-state index contributed by atoms with van der Waals surface area (Å²) in [6.07, 6.45) is 4.62. The molecular weight excluding hydrogens is 264 g/mol. The van der Waals surface area contributed by atoms with Gasteiger partial charge in [0.15, 0.2) is 0 Å². The van der Waals surface area contributed by atoms with E-state index >= 15 is 0 Å². The molecule has 112 valence electrons. The smallest absolute Gasteiger partial charge is 0.237 e. The van der Waals surface area contributed by atoms with Crippen LogP contribution in [0.1, 0.15) is 24.8 Å². The number of benzene rings is 1. The third-order valence-electron chi connectivity index (χ3n) is 5.77. The lowest BCUT2D eigenvalue weighted by molar-refractivity contribution is -0.122. The average Bonchev–Trinajstić information content (AvgIpc) is 2.86. The molecule has 3 fully saturated rings. The van der Waals surface area contributed by atoms with E-state index in [0.717, 1.165) is 29.2 Å². The van der Waals surface area contributed by atoms with Crippen LogP contribution in [0, 0.1) is 23.7 Å². The lowest BCUT2D eigenvalue weighted by Gasteiger charge is -2.15. The topological polar surface area (TPSA) is 75.3 Å². The molecular formula is C17H22N2O2. The molecule has 1 aromatic carbocycles. The molecule has 0 saturated heterocycles. The molecule has 0 heterocycles. The van der Waals surface area contributed by atoms with Crippen LogP contribution in [-0.4, -0.2) is 23.1 Å². The second-order valence-corrected chi connectivity index (χ2v) is 7.00. The predicted octanol–water partition coefficient (Wildman–Crippen LogP) is 1.42. The number of nitrogens with one attached hydrogen (secondary N) is 1. The van der Waals surface area contributed by atoms with Crippen molar-refractivity contribution in [3.8, 4) is 5.75 Å². The number of carbonyl (C=O) groups excluding carboxylic acids is 1. The van der Waals surface area contributed by atoms with Crippen LogP contribution in [0.15, 0.2) is 24.3 Å². The van der Waals surface area contributed by atoms with Crippen LogP contribution >= 0.6 is 0 Å². The maximum absolute atomic E-state index is 12.2. The van der Waals surface area contributed by atoms with Gasteiger partial charge in [-0.1, -0.05) is 12.1 Å². The minimum Gasteiger partial charge on any atom is -0.508 e. The van der Waals surface area contributed by atoms with E-state index in [4.69, 9.17) is 5.73 Å². The summed E-state index contributed by atoms with van der Waals surface area (Å²) in [5, 5.41) is 12.4. The van der Waals surface area contributed by atoms with Crippen LogP contribution in [-0.2, 0) is 11.2 Å². The molecule has 4 heteroatoms. The summed E-state index contributed by atoms with van der Waals surface area (Å²) in [6.45, 7) is 0. The minimum absolute atomic E-state index is 0.0260. The SMILES string of the molecule is N[C@H](Cc1ccc(O)cc1)C(=O)NC1C2C3CCC(C3)C12. The molecule has 1 aromatic rings. The van der Waals surface area contributed by atoms with Crippen molar-refractivity contribution in [2.45, 2.75) is 37.8 Å². The Labute approximate surface area is 124 Å². The van der Waals surface area contributed by atoms with Crippen LogP contribution in [0.3, 0.4) is 0 Å². The molecule has 4 rings (SSSR count). The van der Waals surface area contributed by atoms with Crippen molar-refractivity contribution in [2.24, 2.45) is 29.4 Å². The second-order valence-electron chi connectivity index (χ2n) is 7.00. The highest BCUT2D eigenvalue weighted by Crippen LogP contribution is 2.65. The highest BCUT2D eigenvalue weighted by molar-refractivity contribution is 5.82. The van der Waals surface area contributed by atoms with Gasteiger partial charge < -0.3 is 16.2 Å². The average molecular weight is 286 g/mol. The standard InChI is InChI=1S/C17H22N2O2/c18-13(7-9-1-5-12(20)6-2-9)17(21)19-16-14-10-3-4-11(8-10)15(14)16/h1-2,5-6,10-11,13-16,20H,3-4,7-8,18H2,(H,19,21)/t10?,11?,13-,14?,15?,16?/m1/s1.